The quantitative estimate of drug-likeness (QED) is 0.294. The number of phenolic OH excluding ortho intramolecular Hbond substituents is 1. The fraction of sp³-hybridized carbons (Fsp3) is 0.500. The smallest absolute Gasteiger partial charge is 0.408 e. The fourth-order valence-corrected chi connectivity index (χ4v) is 6.10. The van der Waals surface area contributed by atoms with Gasteiger partial charge >= 0.3 is 6.09 Å². The molecule has 248 valence electrons. The number of benzene rings is 2. The summed E-state index contributed by atoms with van der Waals surface area (Å²) in [6, 6.07) is 12.6. The maximum Gasteiger partial charge on any atom is 0.408 e. The van der Waals surface area contributed by atoms with Gasteiger partial charge in [-0.25, -0.2) is 4.79 Å². The number of ether oxygens (including phenoxy) is 1. The van der Waals surface area contributed by atoms with E-state index in [0.29, 0.717) is 38.8 Å². The zero-order valence-electron chi connectivity index (χ0n) is 26.7. The first kappa shape index (κ1) is 34.3. The van der Waals surface area contributed by atoms with Crippen molar-refractivity contribution in [1.82, 2.24) is 20.4 Å². The Morgan fingerprint density at radius 3 is 2.04 bits per heavy atom. The highest BCUT2D eigenvalue weighted by atomic mass is 16.6. The summed E-state index contributed by atoms with van der Waals surface area (Å²) in [5.74, 6) is -1.61. The first-order chi connectivity index (χ1) is 21.8. The van der Waals surface area contributed by atoms with Gasteiger partial charge in [0.1, 0.15) is 29.5 Å². The summed E-state index contributed by atoms with van der Waals surface area (Å²) in [4.78, 5) is 68.9. The van der Waals surface area contributed by atoms with Gasteiger partial charge in [0, 0.05) is 38.4 Å². The molecule has 2 saturated heterocycles. The SMILES string of the molecule is CC(C)(C)OC(=O)N[C@@H](Cc1ccc(O)cc1)C(=O)N1CCC[C@H]1CC(=O)N[C@@H](Cc1ccccc1)C(=O)N1CCC[C@H]1C(N)=O. The van der Waals surface area contributed by atoms with Crippen LogP contribution in [-0.4, -0.2) is 87.5 Å². The molecule has 46 heavy (non-hydrogen) atoms. The fourth-order valence-electron chi connectivity index (χ4n) is 6.10. The van der Waals surface area contributed by atoms with Crippen LogP contribution in [0.4, 0.5) is 4.79 Å². The molecular formula is C34H45N5O7. The standard InChI is InChI=1S/C34H45N5O7/c1-34(2,3)46-33(45)37-27(20-23-13-15-25(40)16-14-23)31(43)38-17-7-11-24(38)21-29(41)36-26(19-22-9-5-4-6-10-22)32(44)39-18-8-12-28(39)30(35)42/h4-6,9-10,13-16,24,26-28,40H,7-8,11-12,17-21H2,1-3H3,(H2,35,42)(H,36,41)(H,37,45)/t24-,26-,27-,28-/m0/s1. The van der Waals surface area contributed by atoms with E-state index in [1.165, 1.54) is 17.0 Å². The van der Waals surface area contributed by atoms with Gasteiger partial charge in [-0.05, 0) is 69.7 Å². The third-order valence-corrected chi connectivity index (χ3v) is 8.23. The number of nitrogens with zero attached hydrogens (tertiary/aromatic N) is 2. The first-order valence-electron chi connectivity index (χ1n) is 15.8. The predicted octanol–water partition coefficient (Wildman–Crippen LogP) is 2.41. The number of phenols is 1. The molecule has 0 bridgehead atoms. The highest BCUT2D eigenvalue weighted by molar-refractivity contribution is 5.93. The molecule has 12 nitrogen and oxygen atoms in total. The molecule has 2 fully saturated rings. The van der Waals surface area contributed by atoms with E-state index in [1.54, 1.807) is 37.8 Å². The van der Waals surface area contributed by atoms with Crippen molar-refractivity contribution in [2.75, 3.05) is 13.1 Å². The third-order valence-electron chi connectivity index (χ3n) is 8.23. The van der Waals surface area contributed by atoms with Crippen LogP contribution in [0.3, 0.4) is 0 Å². The van der Waals surface area contributed by atoms with E-state index >= 15 is 0 Å². The van der Waals surface area contributed by atoms with E-state index in [9.17, 15) is 29.1 Å². The molecule has 0 radical (unpaired) electrons. The van der Waals surface area contributed by atoms with Gasteiger partial charge in [-0.1, -0.05) is 42.5 Å². The molecule has 5 N–H and O–H groups in total. The molecule has 0 saturated carbocycles. The highest BCUT2D eigenvalue weighted by Gasteiger charge is 2.39. The van der Waals surface area contributed by atoms with E-state index in [-0.39, 0.29) is 36.8 Å². The average molecular weight is 636 g/mol. The van der Waals surface area contributed by atoms with Crippen molar-refractivity contribution in [2.45, 2.75) is 95.5 Å². The van der Waals surface area contributed by atoms with Crippen molar-refractivity contribution in [3.05, 3.63) is 65.7 Å². The number of hydrogen-bond acceptors (Lipinski definition) is 7. The molecule has 4 atom stereocenters. The highest BCUT2D eigenvalue weighted by Crippen LogP contribution is 2.24. The maximum atomic E-state index is 13.9. The third kappa shape index (κ3) is 9.45. The Morgan fingerprint density at radius 2 is 1.41 bits per heavy atom. The number of nitrogens with two attached hydrogens (primary N) is 1. The first-order valence-corrected chi connectivity index (χ1v) is 15.8. The number of likely N-dealkylation sites (tertiary alicyclic amines) is 2. The normalized spacial score (nSPS) is 19.3. The Balaban J connectivity index is 1.48. The van der Waals surface area contributed by atoms with Crippen LogP contribution < -0.4 is 16.4 Å². The summed E-state index contributed by atoms with van der Waals surface area (Å²) in [7, 11) is 0. The van der Waals surface area contributed by atoms with E-state index in [0.717, 1.165) is 11.1 Å². The number of alkyl carbamates (subject to hydrolysis) is 1. The number of amides is 5. The van der Waals surface area contributed by atoms with Gasteiger partial charge < -0.3 is 36.0 Å². The van der Waals surface area contributed by atoms with E-state index in [4.69, 9.17) is 10.5 Å². The Hall–Kier alpha value is -4.61. The van der Waals surface area contributed by atoms with Crippen molar-refractivity contribution in [2.24, 2.45) is 5.73 Å². The van der Waals surface area contributed by atoms with Crippen molar-refractivity contribution in [1.29, 1.82) is 0 Å². The van der Waals surface area contributed by atoms with Crippen LogP contribution in [0.1, 0.15) is 64.0 Å². The summed E-state index contributed by atoms with van der Waals surface area (Å²) in [6.07, 6.45) is 1.97. The van der Waals surface area contributed by atoms with Crippen LogP contribution in [-0.2, 0) is 36.8 Å². The minimum atomic E-state index is -0.976. The van der Waals surface area contributed by atoms with Gasteiger partial charge in [0.25, 0.3) is 0 Å². The van der Waals surface area contributed by atoms with Gasteiger partial charge in [-0.15, -0.1) is 0 Å². The summed E-state index contributed by atoms with van der Waals surface area (Å²) < 4.78 is 5.42. The molecule has 2 aromatic carbocycles. The molecule has 0 aliphatic carbocycles. The number of aromatic hydroxyl groups is 1. The van der Waals surface area contributed by atoms with Gasteiger partial charge in [0.15, 0.2) is 0 Å². The molecule has 5 amide bonds. The monoisotopic (exact) mass is 635 g/mol. The lowest BCUT2D eigenvalue weighted by molar-refractivity contribution is -0.141. The zero-order chi connectivity index (χ0) is 33.4. The van der Waals surface area contributed by atoms with Crippen LogP contribution in [0.5, 0.6) is 5.75 Å². The molecule has 4 rings (SSSR count). The number of nitrogens with one attached hydrogen (secondary N) is 2. The average Bonchev–Trinajstić information content (AvgIpc) is 3.67. The second kappa shape index (κ2) is 15.1. The number of carbonyl (C=O) groups excluding carboxylic acids is 5. The summed E-state index contributed by atoms with van der Waals surface area (Å²) in [6.45, 7) is 5.97. The predicted molar refractivity (Wildman–Crippen MR) is 170 cm³/mol. The van der Waals surface area contributed by atoms with Crippen molar-refractivity contribution in [3.63, 3.8) is 0 Å². The maximum absolute atomic E-state index is 13.9. The minimum Gasteiger partial charge on any atom is -0.508 e. The Kier molecular flexibility index (Phi) is 11.3. The molecule has 2 aliphatic heterocycles. The summed E-state index contributed by atoms with van der Waals surface area (Å²) in [5, 5.41) is 15.3. The number of primary amides is 1. The molecule has 2 aromatic rings. The van der Waals surface area contributed by atoms with Crippen LogP contribution in [0.2, 0.25) is 0 Å². The van der Waals surface area contributed by atoms with Crippen LogP contribution >= 0.6 is 0 Å². The van der Waals surface area contributed by atoms with Crippen molar-refractivity contribution in [3.8, 4) is 5.75 Å². The Morgan fingerprint density at radius 1 is 0.848 bits per heavy atom. The van der Waals surface area contributed by atoms with Crippen LogP contribution in [0, 0.1) is 0 Å². The number of hydrogen-bond donors (Lipinski definition) is 4. The summed E-state index contributed by atoms with van der Waals surface area (Å²) in [5.41, 5.74) is 6.36. The second-order valence-corrected chi connectivity index (χ2v) is 13.0. The molecule has 2 heterocycles. The molecule has 2 aliphatic rings. The van der Waals surface area contributed by atoms with Crippen molar-refractivity contribution < 1.29 is 33.8 Å². The lowest BCUT2D eigenvalue weighted by atomic mass is 10.0. The molecule has 0 unspecified atom stereocenters. The van der Waals surface area contributed by atoms with Gasteiger partial charge in [-0.2, -0.15) is 0 Å². The van der Waals surface area contributed by atoms with E-state index < -0.39 is 47.7 Å². The molecular weight excluding hydrogens is 590 g/mol. The molecule has 0 spiro atoms. The zero-order valence-corrected chi connectivity index (χ0v) is 26.7. The Bertz CT molecular complexity index is 1390. The molecule has 0 aromatic heterocycles. The topological polar surface area (TPSA) is 171 Å². The largest absolute Gasteiger partial charge is 0.508 e. The van der Waals surface area contributed by atoms with Crippen LogP contribution in [0.25, 0.3) is 0 Å². The number of rotatable bonds is 11. The second-order valence-electron chi connectivity index (χ2n) is 13.0. The summed E-state index contributed by atoms with van der Waals surface area (Å²) >= 11 is 0. The lowest BCUT2D eigenvalue weighted by Gasteiger charge is -2.31. The Labute approximate surface area is 269 Å². The van der Waals surface area contributed by atoms with Gasteiger partial charge in [0.2, 0.25) is 23.6 Å². The van der Waals surface area contributed by atoms with Crippen molar-refractivity contribution >= 4 is 29.7 Å². The van der Waals surface area contributed by atoms with Crippen LogP contribution in [0.15, 0.2) is 54.6 Å². The van der Waals surface area contributed by atoms with E-state index in [2.05, 4.69) is 10.6 Å². The molecule has 12 heteroatoms. The van der Waals surface area contributed by atoms with Gasteiger partial charge in [0.05, 0.1) is 0 Å². The van der Waals surface area contributed by atoms with Gasteiger partial charge in [-0.3, -0.25) is 19.2 Å². The lowest BCUT2D eigenvalue weighted by Crippen LogP contribution is -2.55. The minimum absolute atomic E-state index is 0.0398. The number of carbonyl (C=O) groups is 5. The van der Waals surface area contributed by atoms with E-state index in [1.807, 2.05) is 30.3 Å².